The van der Waals surface area contributed by atoms with Gasteiger partial charge in [-0.3, -0.25) is 4.79 Å². The number of hydrogen-bond acceptors (Lipinski definition) is 3. The summed E-state index contributed by atoms with van der Waals surface area (Å²) < 4.78 is 0. The van der Waals surface area contributed by atoms with Crippen LogP contribution < -0.4 is 5.32 Å². The van der Waals surface area contributed by atoms with Crippen LogP contribution in [0.15, 0.2) is 41.4 Å². The van der Waals surface area contributed by atoms with Crippen molar-refractivity contribution in [2.75, 3.05) is 25.5 Å². The molecule has 0 saturated heterocycles. The third-order valence-corrected chi connectivity index (χ3v) is 4.38. The number of carbonyl (C=O) groups is 1. The van der Waals surface area contributed by atoms with Gasteiger partial charge in [-0.1, -0.05) is 23.7 Å². The number of nitrogens with one attached hydrogen (secondary N) is 1. The molecule has 2 aromatic rings. The number of aliphatic imine (C=N–C) groups is 1. The second-order valence-corrected chi connectivity index (χ2v) is 6.44. The summed E-state index contributed by atoms with van der Waals surface area (Å²) in [5.74, 6) is 0.0294. The molecule has 132 valence electrons. The van der Waals surface area contributed by atoms with Crippen LogP contribution >= 0.6 is 11.6 Å². The Morgan fingerprint density at radius 2 is 1.96 bits per heavy atom. The van der Waals surface area contributed by atoms with Gasteiger partial charge in [-0.15, -0.1) is 0 Å². The molecule has 0 spiro atoms. The molecule has 0 bridgehead atoms. The molecule has 0 amide bonds. The van der Waals surface area contributed by atoms with Crippen LogP contribution in [-0.4, -0.2) is 37.2 Å². The Balaban J connectivity index is 2.13. The zero-order chi connectivity index (χ0) is 18.4. The summed E-state index contributed by atoms with van der Waals surface area (Å²) in [5.41, 5.74) is 4.25. The molecule has 2 aromatic carbocycles. The summed E-state index contributed by atoms with van der Waals surface area (Å²) in [5, 5.41) is 3.71. The van der Waals surface area contributed by atoms with E-state index in [1.807, 2.05) is 62.5 Å². The van der Waals surface area contributed by atoms with Crippen LogP contribution in [0.4, 0.5) is 11.4 Å². The number of carbonyl (C=O) groups excluding carboxylic acids is 1. The van der Waals surface area contributed by atoms with Crippen LogP contribution in [0.5, 0.6) is 0 Å². The van der Waals surface area contributed by atoms with Crippen LogP contribution in [0.2, 0.25) is 5.02 Å². The molecule has 0 saturated carbocycles. The van der Waals surface area contributed by atoms with Gasteiger partial charge in [-0.05, 0) is 56.2 Å². The SMILES string of the molecule is CCN(C)/C=N\c1cc(C)c(C(=O)CNc2ccccc2Cl)cc1C. The summed E-state index contributed by atoms with van der Waals surface area (Å²) in [6.45, 7) is 7.07. The van der Waals surface area contributed by atoms with Crippen molar-refractivity contribution < 1.29 is 4.79 Å². The zero-order valence-electron chi connectivity index (χ0n) is 15.1. The monoisotopic (exact) mass is 357 g/mol. The minimum atomic E-state index is 0.0294. The molecular formula is C20H24ClN3O. The smallest absolute Gasteiger partial charge is 0.182 e. The Bertz CT molecular complexity index is 787. The van der Waals surface area contributed by atoms with Crippen molar-refractivity contribution >= 4 is 35.1 Å². The molecule has 0 fully saturated rings. The van der Waals surface area contributed by atoms with Crippen LogP contribution in [0.3, 0.4) is 0 Å². The summed E-state index contributed by atoms with van der Waals surface area (Å²) in [4.78, 5) is 19.1. The van der Waals surface area contributed by atoms with Gasteiger partial charge >= 0.3 is 0 Å². The lowest BCUT2D eigenvalue weighted by Crippen LogP contribution is -2.16. The molecule has 0 aliphatic rings. The molecule has 0 aliphatic carbocycles. The lowest BCUT2D eigenvalue weighted by Gasteiger charge is -2.12. The third-order valence-electron chi connectivity index (χ3n) is 4.05. The van der Waals surface area contributed by atoms with Gasteiger partial charge < -0.3 is 10.2 Å². The minimum Gasteiger partial charge on any atom is -0.376 e. The predicted molar refractivity (Wildman–Crippen MR) is 107 cm³/mol. The highest BCUT2D eigenvalue weighted by molar-refractivity contribution is 6.33. The van der Waals surface area contributed by atoms with E-state index < -0.39 is 0 Å². The summed E-state index contributed by atoms with van der Waals surface area (Å²) >= 11 is 6.11. The average molecular weight is 358 g/mol. The molecule has 4 nitrogen and oxygen atoms in total. The average Bonchev–Trinajstić information content (AvgIpc) is 2.60. The quantitative estimate of drug-likeness (QED) is 0.437. The number of benzene rings is 2. The first kappa shape index (κ1) is 19.0. The van der Waals surface area contributed by atoms with Crippen molar-refractivity contribution in [3.05, 3.63) is 58.1 Å². The molecule has 0 aliphatic heterocycles. The van der Waals surface area contributed by atoms with Gasteiger partial charge in [0.2, 0.25) is 0 Å². The number of hydrogen-bond donors (Lipinski definition) is 1. The molecule has 0 unspecified atom stereocenters. The van der Waals surface area contributed by atoms with Gasteiger partial charge in [-0.2, -0.15) is 0 Å². The second kappa shape index (κ2) is 8.67. The van der Waals surface area contributed by atoms with Crippen molar-refractivity contribution in [2.45, 2.75) is 20.8 Å². The van der Waals surface area contributed by atoms with E-state index in [-0.39, 0.29) is 12.3 Å². The molecule has 0 atom stereocenters. The third kappa shape index (κ3) is 5.07. The fourth-order valence-corrected chi connectivity index (χ4v) is 2.56. The largest absolute Gasteiger partial charge is 0.376 e. The topological polar surface area (TPSA) is 44.7 Å². The second-order valence-electron chi connectivity index (χ2n) is 6.03. The molecule has 2 rings (SSSR count). The number of aryl methyl sites for hydroxylation is 2. The number of anilines is 1. The summed E-state index contributed by atoms with van der Waals surface area (Å²) in [6, 6.07) is 11.3. The first-order chi connectivity index (χ1) is 11.9. The molecule has 25 heavy (non-hydrogen) atoms. The fraction of sp³-hybridized carbons (Fsp3) is 0.300. The highest BCUT2D eigenvalue weighted by Crippen LogP contribution is 2.24. The predicted octanol–water partition coefficient (Wildman–Crippen LogP) is 4.86. The lowest BCUT2D eigenvalue weighted by atomic mass is 10.0. The van der Waals surface area contributed by atoms with E-state index in [0.29, 0.717) is 10.6 Å². The lowest BCUT2D eigenvalue weighted by molar-refractivity contribution is 0.101. The fourth-order valence-electron chi connectivity index (χ4n) is 2.36. The van der Waals surface area contributed by atoms with E-state index in [9.17, 15) is 4.79 Å². The van der Waals surface area contributed by atoms with Gasteiger partial charge in [0.25, 0.3) is 0 Å². The number of ketones is 1. The molecule has 0 radical (unpaired) electrons. The Kier molecular flexibility index (Phi) is 6.59. The normalized spacial score (nSPS) is 10.9. The molecule has 1 N–H and O–H groups in total. The standard InChI is InChI=1S/C20H24ClN3O/c1-5-24(4)13-23-19-11-14(2)16(10-15(19)3)20(25)12-22-18-9-7-6-8-17(18)21/h6-11,13,22H,5,12H2,1-4H3/b23-13-. The highest BCUT2D eigenvalue weighted by Gasteiger charge is 2.12. The van der Waals surface area contributed by atoms with Crippen LogP contribution in [0.1, 0.15) is 28.4 Å². The molecule has 0 heterocycles. The number of nitrogens with zero attached hydrogens (tertiary/aromatic N) is 2. The van der Waals surface area contributed by atoms with Crippen molar-refractivity contribution in [3.8, 4) is 0 Å². The van der Waals surface area contributed by atoms with E-state index in [4.69, 9.17) is 11.6 Å². The van der Waals surface area contributed by atoms with Crippen molar-refractivity contribution in [3.63, 3.8) is 0 Å². The van der Waals surface area contributed by atoms with E-state index >= 15 is 0 Å². The maximum absolute atomic E-state index is 12.6. The Morgan fingerprint density at radius 1 is 1.24 bits per heavy atom. The summed E-state index contributed by atoms with van der Waals surface area (Å²) in [7, 11) is 1.98. The molecule has 0 aromatic heterocycles. The molecular weight excluding hydrogens is 334 g/mol. The van der Waals surface area contributed by atoms with E-state index in [2.05, 4.69) is 17.2 Å². The van der Waals surface area contributed by atoms with Crippen LogP contribution in [0, 0.1) is 13.8 Å². The Labute approximate surface area is 154 Å². The maximum atomic E-state index is 12.6. The van der Waals surface area contributed by atoms with Gasteiger partial charge in [0, 0.05) is 19.2 Å². The van der Waals surface area contributed by atoms with E-state index in [1.165, 1.54) is 0 Å². The Hall–Kier alpha value is -2.33. The first-order valence-corrected chi connectivity index (χ1v) is 8.67. The van der Waals surface area contributed by atoms with Gasteiger partial charge in [0.15, 0.2) is 5.78 Å². The number of halogens is 1. The number of Topliss-reactive ketones (excluding diaryl/α,β-unsaturated/α-hetero) is 1. The van der Waals surface area contributed by atoms with E-state index in [0.717, 1.165) is 29.0 Å². The zero-order valence-corrected chi connectivity index (χ0v) is 15.9. The summed E-state index contributed by atoms with van der Waals surface area (Å²) in [6.07, 6.45) is 1.81. The van der Waals surface area contributed by atoms with E-state index in [1.54, 1.807) is 6.07 Å². The van der Waals surface area contributed by atoms with Crippen LogP contribution in [-0.2, 0) is 0 Å². The van der Waals surface area contributed by atoms with Crippen molar-refractivity contribution in [1.82, 2.24) is 4.90 Å². The van der Waals surface area contributed by atoms with Gasteiger partial charge in [-0.25, -0.2) is 4.99 Å². The van der Waals surface area contributed by atoms with Gasteiger partial charge in [0.1, 0.15) is 0 Å². The first-order valence-electron chi connectivity index (χ1n) is 8.29. The van der Waals surface area contributed by atoms with Crippen LogP contribution in [0.25, 0.3) is 0 Å². The number of para-hydroxylation sites is 1. The maximum Gasteiger partial charge on any atom is 0.182 e. The number of rotatable bonds is 7. The van der Waals surface area contributed by atoms with Gasteiger partial charge in [0.05, 0.1) is 29.3 Å². The molecule has 5 heteroatoms. The van der Waals surface area contributed by atoms with Crippen molar-refractivity contribution in [2.24, 2.45) is 4.99 Å². The van der Waals surface area contributed by atoms with Crippen molar-refractivity contribution in [1.29, 1.82) is 0 Å². The Morgan fingerprint density at radius 3 is 2.64 bits per heavy atom. The highest BCUT2D eigenvalue weighted by atomic mass is 35.5. The minimum absolute atomic E-state index is 0.0294.